The first-order valence-corrected chi connectivity index (χ1v) is 4.71. The van der Waals surface area contributed by atoms with Crippen LogP contribution >= 0.6 is 11.3 Å². The third-order valence-electron chi connectivity index (χ3n) is 1.24. The van der Waals surface area contributed by atoms with Gasteiger partial charge in [-0.05, 0) is 0 Å². The summed E-state index contributed by atoms with van der Waals surface area (Å²) >= 11 is 1.42. The van der Waals surface area contributed by atoms with Crippen LogP contribution in [0.4, 0.5) is 0 Å². The molecule has 0 saturated heterocycles. The molecule has 0 atom stereocenters. The van der Waals surface area contributed by atoms with Gasteiger partial charge in [0, 0.05) is 5.38 Å². The van der Waals surface area contributed by atoms with E-state index in [4.69, 9.17) is 0 Å². The lowest BCUT2D eigenvalue weighted by Gasteiger charge is -1.69. The van der Waals surface area contributed by atoms with Gasteiger partial charge in [0.25, 0.3) is 0 Å². The van der Waals surface area contributed by atoms with Crippen molar-refractivity contribution in [2.75, 3.05) is 0 Å². The predicted molar refractivity (Wildman–Crippen MR) is 53.9 cm³/mol. The largest absolute Gasteiger partial charge is 0.296 e. The van der Waals surface area contributed by atoms with Gasteiger partial charge in [-0.3, -0.25) is 4.79 Å². The molecule has 1 aromatic carbocycles. The van der Waals surface area contributed by atoms with Gasteiger partial charge >= 0.3 is 0 Å². The number of rotatable bonds is 1. The Morgan fingerprint density at radius 1 is 1.08 bits per heavy atom. The second-order valence-corrected chi connectivity index (χ2v) is 2.90. The molecule has 13 heavy (non-hydrogen) atoms. The number of hydrogen-bond acceptors (Lipinski definition) is 3. The lowest BCUT2D eigenvalue weighted by molar-refractivity contribution is 0.111. The van der Waals surface area contributed by atoms with E-state index in [9.17, 15) is 4.79 Å². The summed E-state index contributed by atoms with van der Waals surface area (Å²) in [4.78, 5) is 13.5. The van der Waals surface area contributed by atoms with Crippen LogP contribution in [0.1, 0.15) is 10.5 Å². The fraction of sp³-hybridized carbons (Fsp3) is 0. The first-order chi connectivity index (χ1) is 6.43. The summed E-state index contributed by atoms with van der Waals surface area (Å²) in [7, 11) is 0. The highest BCUT2D eigenvalue weighted by Gasteiger charge is 1.84. The summed E-state index contributed by atoms with van der Waals surface area (Å²) in [6.45, 7) is 0. The first kappa shape index (κ1) is 9.61. The summed E-state index contributed by atoms with van der Waals surface area (Å²) in [6.07, 6.45) is 0.733. The molecule has 3 heteroatoms. The van der Waals surface area contributed by atoms with E-state index in [1.807, 2.05) is 36.4 Å². The molecule has 0 aliphatic carbocycles. The molecule has 1 aromatic heterocycles. The number of benzene rings is 1. The summed E-state index contributed by atoms with van der Waals surface area (Å²) in [6, 6.07) is 12.0. The highest BCUT2D eigenvalue weighted by Crippen LogP contribution is 1.95. The minimum Gasteiger partial charge on any atom is -0.296 e. The molecule has 0 spiro atoms. The molecule has 0 N–H and O–H groups in total. The third kappa shape index (κ3) is 4.18. The van der Waals surface area contributed by atoms with E-state index >= 15 is 0 Å². The number of nitrogens with zero attached hydrogens (tertiary/aromatic N) is 1. The second kappa shape index (κ2) is 6.08. The maximum absolute atomic E-state index is 9.81. The van der Waals surface area contributed by atoms with Gasteiger partial charge in [-0.25, -0.2) is 4.98 Å². The SMILES string of the molecule is O=Cc1cscn1.c1ccccc1. The Hall–Kier alpha value is -1.48. The molecular weight excluding hydrogens is 182 g/mol. The van der Waals surface area contributed by atoms with Crippen LogP contribution in [0, 0.1) is 0 Å². The molecule has 2 nitrogen and oxygen atoms in total. The van der Waals surface area contributed by atoms with Gasteiger partial charge in [0.2, 0.25) is 0 Å². The monoisotopic (exact) mass is 191 g/mol. The highest BCUT2D eigenvalue weighted by atomic mass is 32.1. The molecular formula is C10H9NOS. The van der Waals surface area contributed by atoms with Crippen LogP contribution in [-0.2, 0) is 0 Å². The molecule has 0 aliphatic heterocycles. The van der Waals surface area contributed by atoms with Crippen molar-refractivity contribution < 1.29 is 4.79 Å². The molecule has 1 heterocycles. The molecule has 2 aromatic rings. The van der Waals surface area contributed by atoms with Crippen LogP contribution in [0.15, 0.2) is 47.3 Å². The number of thiazole rings is 1. The summed E-state index contributed by atoms with van der Waals surface area (Å²) in [5.74, 6) is 0. The Morgan fingerprint density at radius 2 is 1.62 bits per heavy atom. The fourth-order valence-corrected chi connectivity index (χ4v) is 1.16. The zero-order valence-corrected chi connectivity index (χ0v) is 7.78. The van der Waals surface area contributed by atoms with Crippen LogP contribution in [0.2, 0.25) is 0 Å². The van der Waals surface area contributed by atoms with E-state index in [0.717, 1.165) is 6.29 Å². The first-order valence-electron chi connectivity index (χ1n) is 3.77. The summed E-state index contributed by atoms with van der Waals surface area (Å²) in [5, 5.41) is 1.70. The standard InChI is InChI=1S/C6H6.C4H3NOS/c1-2-4-6-5-3-1;6-1-4-2-7-3-5-4/h1-6H;1-3H. The Labute approximate surface area is 80.9 Å². The quantitative estimate of drug-likeness (QED) is 0.648. The van der Waals surface area contributed by atoms with E-state index in [1.54, 1.807) is 10.9 Å². The second-order valence-electron chi connectivity index (χ2n) is 2.19. The normalized spacial score (nSPS) is 8.31. The zero-order chi connectivity index (χ0) is 9.36. The Morgan fingerprint density at radius 3 is 1.85 bits per heavy atom. The maximum atomic E-state index is 9.81. The van der Waals surface area contributed by atoms with Crippen molar-refractivity contribution in [1.29, 1.82) is 0 Å². The Balaban J connectivity index is 0.000000132. The van der Waals surface area contributed by atoms with E-state index in [0.29, 0.717) is 5.69 Å². The minimum absolute atomic E-state index is 0.519. The number of carbonyl (C=O) groups excluding carboxylic acids is 1. The molecule has 2 rings (SSSR count). The molecule has 66 valence electrons. The summed E-state index contributed by atoms with van der Waals surface area (Å²) in [5.41, 5.74) is 2.15. The average molecular weight is 191 g/mol. The van der Waals surface area contributed by atoms with Gasteiger partial charge in [0.15, 0.2) is 6.29 Å². The third-order valence-corrected chi connectivity index (χ3v) is 1.84. The van der Waals surface area contributed by atoms with E-state index < -0.39 is 0 Å². The van der Waals surface area contributed by atoms with Crippen molar-refractivity contribution in [2.45, 2.75) is 0 Å². The molecule has 0 amide bonds. The van der Waals surface area contributed by atoms with Gasteiger partial charge in [-0.2, -0.15) is 0 Å². The Bertz CT molecular complexity index is 291. The Kier molecular flexibility index (Phi) is 4.49. The number of aldehydes is 1. The van der Waals surface area contributed by atoms with Gasteiger partial charge in [0.05, 0.1) is 5.51 Å². The van der Waals surface area contributed by atoms with Crippen molar-refractivity contribution in [3.05, 3.63) is 53.0 Å². The van der Waals surface area contributed by atoms with Crippen LogP contribution in [0.25, 0.3) is 0 Å². The lowest BCUT2D eigenvalue weighted by atomic mass is 10.4. The zero-order valence-electron chi connectivity index (χ0n) is 6.96. The van der Waals surface area contributed by atoms with E-state index in [-0.39, 0.29) is 0 Å². The van der Waals surface area contributed by atoms with E-state index in [2.05, 4.69) is 4.98 Å². The fourth-order valence-electron chi connectivity index (χ4n) is 0.665. The molecule has 0 unspecified atom stereocenters. The van der Waals surface area contributed by atoms with Crippen LogP contribution < -0.4 is 0 Å². The van der Waals surface area contributed by atoms with Crippen LogP contribution in [-0.4, -0.2) is 11.3 Å². The molecule has 0 radical (unpaired) electrons. The highest BCUT2D eigenvalue weighted by molar-refractivity contribution is 7.07. The minimum atomic E-state index is 0.519. The topological polar surface area (TPSA) is 30.0 Å². The van der Waals surface area contributed by atoms with Crippen molar-refractivity contribution in [3.63, 3.8) is 0 Å². The van der Waals surface area contributed by atoms with Crippen molar-refractivity contribution in [2.24, 2.45) is 0 Å². The average Bonchev–Trinajstić information content (AvgIpc) is 2.74. The number of hydrogen-bond donors (Lipinski definition) is 0. The van der Waals surface area contributed by atoms with Gasteiger partial charge in [0.1, 0.15) is 5.69 Å². The molecule has 0 bridgehead atoms. The maximum Gasteiger partial charge on any atom is 0.169 e. The van der Waals surface area contributed by atoms with Crippen molar-refractivity contribution in [1.82, 2.24) is 4.98 Å². The smallest absolute Gasteiger partial charge is 0.169 e. The summed E-state index contributed by atoms with van der Waals surface area (Å²) < 4.78 is 0. The number of carbonyl (C=O) groups is 1. The predicted octanol–water partition coefficient (Wildman–Crippen LogP) is 2.64. The molecule has 0 fully saturated rings. The van der Waals surface area contributed by atoms with Gasteiger partial charge < -0.3 is 0 Å². The van der Waals surface area contributed by atoms with Crippen molar-refractivity contribution >= 4 is 17.6 Å². The van der Waals surface area contributed by atoms with Gasteiger partial charge in [-0.15, -0.1) is 11.3 Å². The van der Waals surface area contributed by atoms with E-state index in [1.165, 1.54) is 11.3 Å². The molecule has 0 saturated carbocycles. The van der Waals surface area contributed by atoms with Crippen LogP contribution in [0.3, 0.4) is 0 Å². The molecule has 0 aliphatic rings. The van der Waals surface area contributed by atoms with Crippen molar-refractivity contribution in [3.8, 4) is 0 Å². The lowest BCUT2D eigenvalue weighted by Crippen LogP contribution is -1.72. The van der Waals surface area contributed by atoms with Crippen LogP contribution in [0.5, 0.6) is 0 Å². The number of aromatic nitrogens is 1. The van der Waals surface area contributed by atoms with Gasteiger partial charge in [-0.1, -0.05) is 36.4 Å².